The molecule has 3 N–H and O–H groups in total. The van der Waals surface area contributed by atoms with Crippen LogP contribution in [-0.4, -0.2) is 26.9 Å². The van der Waals surface area contributed by atoms with Crippen molar-refractivity contribution in [1.82, 2.24) is 15.0 Å². The van der Waals surface area contributed by atoms with Gasteiger partial charge < -0.3 is 4.90 Å². The number of nitrogens with zero attached hydrogens (tertiary/aromatic N) is 5. The smallest absolute Gasteiger partial charge is 0.329 e. The molecule has 0 radical (unpaired) electrons. The van der Waals surface area contributed by atoms with Crippen molar-refractivity contribution in [3.05, 3.63) is 32.9 Å². The lowest BCUT2D eigenvalue weighted by atomic mass is 10.4. The molecule has 100 valence electrons. The van der Waals surface area contributed by atoms with E-state index in [1.54, 1.807) is 17.5 Å². The first kappa shape index (κ1) is 13.1. The van der Waals surface area contributed by atoms with Crippen molar-refractivity contribution in [2.45, 2.75) is 6.54 Å². The molecule has 19 heavy (non-hydrogen) atoms. The van der Waals surface area contributed by atoms with Gasteiger partial charge >= 0.3 is 5.69 Å². The molecule has 0 saturated carbocycles. The highest BCUT2D eigenvalue weighted by Crippen LogP contribution is 2.26. The molecule has 0 amide bonds. The molecule has 2 aromatic heterocycles. The molecule has 2 aromatic rings. The Labute approximate surface area is 112 Å². The molecule has 0 aliphatic heterocycles. The van der Waals surface area contributed by atoms with Gasteiger partial charge in [0.25, 0.3) is 0 Å². The third-order valence-corrected chi connectivity index (χ3v) is 2.96. The van der Waals surface area contributed by atoms with Crippen LogP contribution in [0.1, 0.15) is 5.69 Å². The van der Waals surface area contributed by atoms with Crippen LogP contribution in [0, 0.1) is 10.1 Å². The third-order valence-electron chi connectivity index (χ3n) is 2.32. The monoisotopic (exact) mass is 281 g/mol. The lowest BCUT2D eigenvalue weighted by Gasteiger charge is -2.16. The quantitative estimate of drug-likeness (QED) is 0.468. The van der Waals surface area contributed by atoms with E-state index in [9.17, 15) is 10.1 Å². The number of hydrogen-bond donors (Lipinski definition) is 2. The number of nitrogens with one attached hydrogen (secondary N) is 1. The maximum Gasteiger partial charge on any atom is 0.329 e. The number of nitrogen functional groups attached to an aromatic ring is 1. The van der Waals surface area contributed by atoms with Gasteiger partial charge in [-0.25, -0.2) is 15.8 Å². The summed E-state index contributed by atoms with van der Waals surface area (Å²) in [7, 11) is 1.69. The molecule has 0 saturated heterocycles. The predicted octanol–water partition coefficient (Wildman–Crippen LogP) is 0.763. The van der Waals surface area contributed by atoms with Crippen molar-refractivity contribution >= 4 is 28.8 Å². The Balaban J connectivity index is 2.32. The summed E-state index contributed by atoms with van der Waals surface area (Å²) < 4.78 is 0. The van der Waals surface area contributed by atoms with E-state index in [2.05, 4.69) is 20.4 Å². The molecule has 0 unspecified atom stereocenters. The summed E-state index contributed by atoms with van der Waals surface area (Å²) in [5, 5.41) is 12.8. The summed E-state index contributed by atoms with van der Waals surface area (Å²) in [6, 6.07) is 0. The fourth-order valence-corrected chi connectivity index (χ4v) is 2.03. The van der Waals surface area contributed by atoms with Crippen LogP contribution in [0.15, 0.2) is 17.1 Å². The van der Waals surface area contributed by atoms with Crippen LogP contribution in [0.5, 0.6) is 0 Å². The lowest BCUT2D eigenvalue weighted by molar-refractivity contribution is -0.384. The first-order valence-corrected chi connectivity index (χ1v) is 6.12. The van der Waals surface area contributed by atoms with Crippen LogP contribution in [0.25, 0.3) is 0 Å². The van der Waals surface area contributed by atoms with Gasteiger partial charge in [-0.3, -0.25) is 15.5 Å². The Morgan fingerprint density at radius 2 is 2.37 bits per heavy atom. The van der Waals surface area contributed by atoms with Gasteiger partial charge in [-0.2, -0.15) is 4.98 Å². The topological polar surface area (TPSA) is 123 Å². The average Bonchev–Trinajstić information content (AvgIpc) is 2.90. The van der Waals surface area contributed by atoms with Gasteiger partial charge in [0.15, 0.2) is 0 Å². The zero-order valence-electron chi connectivity index (χ0n) is 9.98. The molecule has 0 aliphatic carbocycles. The highest BCUT2D eigenvalue weighted by atomic mass is 32.1. The molecule has 2 heterocycles. The summed E-state index contributed by atoms with van der Waals surface area (Å²) in [5.74, 6) is 5.50. The second kappa shape index (κ2) is 5.54. The minimum Gasteiger partial charge on any atom is -0.348 e. The molecule has 0 spiro atoms. The van der Waals surface area contributed by atoms with Crippen molar-refractivity contribution in [2.24, 2.45) is 5.84 Å². The molecule has 2 rings (SSSR count). The van der Waals surface area contributed by atoms with Gasteiger partial charge in [-0.15, -0.1) is 11.3 Å². The molecule has 0 atom stereocenters. The van der Waals surface area contributed by atoms with Crippen LogP contribution in [0.3, 0.4) is 0 Å². The zero-order valence-corrected chi connectivity index (χ0v) is 10.8. The lowest BCUT2D eigenvalue weighted by Crippen LogP contribution is -2.21. The highest BCUT2D eigenvalue weighted by molar-refractivity contribution is 7.07. The Hall–Kier alpha value is -2.33. The Kier molecular flexibility index (Phi) is 3.82. The van der Waals surface area contributed by atoms with E-state index in [0.29, 0.717) is 6.54 Å². The van der Waals surface area contributed by atoms with Gasteiger partial charge in [0.05, 0.1) is 22.7 Å². The molecule has 0 aromatic carbocycles. The van der Waals surface area contributed by atoms with Crippen molar-refractivity contribution in [1.29, 1.82) is 0 Å². The number of hydrogen-bond acceptors (Lipinski definition) is 9. The third kappa shape index (κ3) is 2.92. The number of rotatable bonds is 5. The summed E-state index contributed by atoms with van der Waals surface area (Å²) >= 11 is 1.46. The minimum absolute atomic E-state index is 0.116. The molecule has 0 bridgehead atoms. The minimum atomic E-state index is -0.535. The molecular formula is C9H11N7O2S. The van der Waals surface area contributed by atoms with E-state index in [-0.39, 0.29) is 17.5 Å². The largest absolute Gasteiger partial charge is 0.348 e. The maximum atomic E-state index is 11.0. The molecule has 0 fully saturated rings. The zero-order chi connectivity index (χ0) is 13.8. The first-order valence-electron chi connectivity index (χ1n) is 5.18. The predicted molar refractivity (Wildman–Crippen MR) is 70.7 cm³/mol. The SMILES string of the molecule is CN(Cc1cscn1)c1nc(NN)ncc1[N+](=O)[O-]. The van der Waals surface area contributed by atoms with Gasteiger partial charge in [0.2, 0.25) is 11.8 Å². The second-order valence-electron chi connectivity index (χ2n) is 3.64. The summed E-state index contributed by atoms with van der Waals surface area (Å²) in [6.45, 7) is 0.408. The number of aromatic nitrogens is 3. The Bertz CT molecular complexity index is 574. The van der Waals surface area contributed by atoms with E-state index >= 15 is 0 Å². The van der Waals surface area contributed by atoms with Crippen LogP contribution in [0.2, 0.25) is 0 Å². The maximum absolute atomic E-state index is 11.0. The van der Waals surface area contributed by atoms with E-state index in [0.717, 1.165) is 11.9 Å². The molecule has 0 aliphatic rings. The second-order valence-corrected chi connectivity index (χ2v) is 4.36. The van der Waals surface area contributed by atoms with Crippen molar-refractivity contribution in [3.63, 3.8) is 0 Å². The van der Waals surface area contributed by atoms with Gasteiger partial charge in [-0.05, 0) is 0 Å². The fourth-order valence-electron chi connectivity index (χ4n) is 1.48. The standard InChI is InChI=1S/C9H11N7O2S/c1-15(3-6-4-19-5-12-6)8-7(16(17)18)2-11-9(13-8)14-10/h2,4-5H,3,10H2,1H3,(H,11,13,14). The van der Waals surface area contributed by atoms with E-state index in [1.807, 2.05) is 5.38 Å². The summed E-state index contributed by atoms with van der Waals surface area (Å²) in [6.07, 6.45) is 1.12. The Morgan fingerprint density at radius 1 is 1.58 bits per heavy atom. The van der Waals surface area contributed by atoms with E-state index < -0.39 is 4.92 Å². The van der Waals surface area contributed by atoms with E-state index in [1.165, 1.54) is 11.3 Å². The van der Waals surface area contributed by atoms with Crippen LogP contribution < -0.4 is 16.2 Å². The van der Waals surface area contributed by atoms with Gasteiger partial charge in [-0.1, -0.05) is 0 Å². The summed E-state index contributed by atoms with van der Waals surface area (Å²) in [5.41, 5.74) is 4.59. The summed E-state index contributed by atoms with van der Waals surface area (Å²) in [4.78, 5) is 23.9. The normalized spacial score (nSPS) is 10.2. The highest BCUT2D eigenvalue weighted by Gasteiger charge is 2.21. The van der Waals surface area contributed by atoms with Crippen molar-refractivity contribution in [3.8, 4) is 0 Å². The number of anilines is 2. The molecule has 10 heteroatoms. The Morgan fingerprint density at radius 3 is 2.95 bits per heavy atom. The van der Waals surface area contributed by atoms with Crippen molar-refractivity contribution in [2.75, 3.05) is 17.4 Å². The van der Waals surface area contributed by atoms with Crippen LogP contribution >= 0.6 is 11.3 Å². The first-order chi connectivity index (χ1) is 9.11. The van der Waals surface area contributed by atoms with Crippen LogP contribution in [0.4, 0.5) is 17.5 Å². The number of hydrazine groups is 1. The van der Waals surface area contributed by atoms with Gasteiger partial charge in [0.1, 0.15) is 6.20 Å². The fraction of sp³-hybridized carbons (Fsp3) is 0.222. The molecular weight excluding hydrogens is 270 g/mol. The number of nitrogens with two attached hydrogens (primary N) is 1. The van der Waals surface area contributed by atoms with Crippen LogP contribution in [-0.2, 0) is 6.54 Å². The molecule has 9 nitrogen and oxygen atoms in total. The van der Waals surface area contributed by atoms with Crippen molar-refractivity contribution < 1.29 is 4.92 Å². The number of thiazole rings is 1. The average molecular weight is 281 g/mol. The van der Waals surface area contributed by atoms with E-state index in [4.69, 9.17) is 5.84 Å². The van der Waals surface area contributed by atoms with Gasteiger partial charge in [0, 0.05) is 12.4 Å². The number of nitro groups is 1.